The number of nitrogens with zero attached hydrogens (tertiary/aromatic N) is 3. The molecule has 6 heteroatoms. The zero-order chi connectivity index (χ0) is 16.4. The van der Waals surface area contributed by atoms with Crippen molar-refractivity contribution in [1.82, 2.24) is 19.9 Å². The number of benzene rings is 1. The standard InChI is InChI=1S/C17H18N4O2/c1-11-5-3-4-6-14(11)15(22)9-18-17(23)13-7-8-16-20-19-12(2)21(16)10-13/h3-8,10,15,22H,9H2,1-2H3,(H,18,23). The van der Waals surface area contributed by atoms with E-state index >= 15 is 0 Å². The van der Waals surface area contributed by atoms with Crippen LogP contribution in [0, 0.1) is 13.8 Å². The molecular weight excluding hydrogens is 292 g/mol. The van der Waals surface area contributed by atoms with E-state index in [0.29, 0.717) is 11.2 Å². The number of hydrogen-bond acceptors (Lipinski definition) is 4. The summed E-state index contributed by atoms with van der Waals surface area (Å²) in [4.78, 5) is 12.3. The first-order valence-corrected chi connectivity index (χ1v) is 7.39. The summed E-state index contributed by atoms with van der Waals surface area (Å²) in [5.74, 6) is 0.474. The number of aromatic nitrogens is 3. The number of hydrogen-bond donors (Lipinski definition) is 2. The number of aryl methyl sites for hydroxylation is 2. The molecule has 0 spiro atoms. The van der Waals surface area contributed by atoms with Crippen LogP contribution in [0.5, 0.6) is 0 Å². The number of carbonyl (C=O) groups excluding carboxylic acids is 1. The van der Waals surface area contributed by atoms with Crippen LogP contribution in [0.2, 0.25) is 0 Å². The van der Waals surface area contributed by atoms with Crippen LogP contribution in [0.4, 0.5) is 0 Å². The Labute approximate surface area is 133 Å². The molecule has 3 rings (SSSR count). The molecule has 0 fully saturated rings. The predicted molar refractivity (Wildman–Crippen MR) is 86.2 cm³/mol. The largest absolute Gasteiger partial charge is 0.387 e. The molecule has 0 aliphatic heterocycles. The number of pyridine rings is 1. The highest BCUT2D eigenvalue weighted by atomic mass is 16.3. The fourth-order valence-electron chi connectivity index (χ4n) is 2.50. The van der Waals surface area contributed by atoms with Crippen molar-refractivity contribution in [1.29, 1.82) is 0 Å². The summed E-state index contributed by atoms with van der Waals surface area (Å²) in [6.07, 6.45) is 0.959. The SMILES string of the molecule is Cc1ccccc1C(O)CNC(=O)c1ccc2nnc(C)n2c1. The van der Waals surface area contributed by atoms with Crippen molar-refractivity contribution in [2.75, 3.05) is 6.54 Å². The lowest BCUT2D eigenvalue weighted by atomic mass is 10.0. The van der Waals surface area contributed by atoms with Gasteiger partial charge in [-0.25, -0.2) is 0 Å². The number of aliphatic hydroxyl groups excluding tert-OH is 1. The Bertz CT molecular complexity index is 857. The Balaban J connectivity index is 1.71. The molecule has 1 unspecified atom stereocenters. The number of rotatable bonds is 4. The van der Waals surface area contributed by atoms with Crippen molar-refractivity contribution in [2.45, 2.75) is 20.0 Å². The van der Waals surface area contributed by atoms with Gasteiger partial charge in [0.15, 0.2) is 5.65 Å². The molecule has 1 amide bonds. The van der Waals surface area contributed by atoms with E-state index in [9.17, 15) is 9.90 Å². The van der Waals surface area contributed by atoms with Gasteiger partial charge >= 0.3 is 0 Å². The highest BCUT2D eigenvalue weighted by Crippen LogP contribution is 2.16. The van der Waals surface area contributed by atoms with E-state index in [1.165, 1.54) is 0 Å². The van der Waals surface area contributed by atoms with Crippen LogP contribution in [0.1, 0.15) is 33.4 Å². The van der Waals surface area contributed by atoms with Crippen molar-refractivity contribution < 1.29 is 9.90 Å². The summed E-state index contributed by atoms with van der Waals surface area (Å²) < 4.78 is 1.76. The third-order valence-electron chi connectivity index (χ3n) is 3.84. The van der Waals surface area contributed by atoms with Gasteiger partial charge in [0, 0.05) is 12.7 Å². The summed E-state index contributed by atoms with van der Waals surface area (Å²) in [5, 5.41) is 20.9. The maximum atomic E-state index is 12.3. The number of nitrogens with one attached hydrogen (secondary N) is 1. The smallest absolute Gasteiger partial charge is 0.252 e. The summed E-state index contributed by atoms with van der Waals surface area (Å²) in [6, 6.07) is 11.0. The minimum absolute atomic E-state index is 0.156. The van der Waals surface area contributed by atoms with E-state index in [-0.39, 0.29) is 12.5 Å². The molecular formula is C17H18N4O2. The Morgan fingerprint density at radius 2 is 2.00 bits per heavy atom. The second-order valence-electron chi connectivity index (χ2n) is 5.48. The van der Waals surface area contributed by atoms with Crippen LogP contribution in [0.3, 0.4) is 0 Å². The number of carbonyl (C=O) groups is 1. The third-order valence-corrected chi connectivity index (χ3v) is 3.84. The van der Waals surface area contributed by atoms with Gasteiger partial charge < -0.3 is 10.4 Å². The first kappa shape index (κ1) is 15.2. The van der Waals surface area contributed by atoms with Crippen LogP contribution >= 0.6 is 0 Å². The van der Waals surface area contributed by atoms with Gasteiger partial charge in [0.1, 0.15) is 5.82 Å². The minimum Gasteiger partial charge on any atom is -0.387 e. The van der Waals surface area contributed by atoms with Crippen LogP contribution in [0.25, 0.3) is 5.65 Å². The van der Waals surface area contributed by atoms with Gasteiger partial charge in [-0.15, -0.1) is 10.2 Å². The summed E-state index contributed by atoms with van der Waals surface area (Å²) >= 11 is 0. The van der Waals surface area contributed by atoms with Gasteiger partial charge in [0.05, 0.1) is 11.7 Å². The molecule has 0 aliphatic carbocycles. The van der Waals surface area contributed by atoms with E-state index < -0.39 is 6.10 Å². The van der Waals surface area contributed by atoms with Crippen LogP contribution in [-0.4, -0.2) is 32.2 Å². The van der Waals surface area contributed by atoms with E-state index in [1.54, 1.807) is 22.7 Å². The van der Waals surface area contributed by atoms with Gasteiger partial charge in [-0.1, -0.05) is 24.3 Å². The van der Waals surface area contributed by atoms with E-state index in [2.05, 4.69) is 15.5 Å². The molecule has 0 aliphatic rings. The molecule has 118 valence electrons. The molecule has 1 aromatic carbocycles. The lowest BCUT2D eigenvalue weighted by Crippen LogP contribution is -2.28. The lowest BCUT2D eigenvalue weighted by molar-refractivity contribution is 0.0915. The van der Waals surface area contributed by atoms with E-state index in [0.717, 1.165) is 17.0 Å². The van der Waals surface area contributed by atoms with Gasteiger partial charge in [0.2, 0.25) is 0 Å². The zero-order valence-electron chi connectivity index (χ0n) is 13.0. The van der Waals surface area contributed by atoms with Crippen molar-refractivity contribution in [3.63, 3.8) is 0 Å². The summed E-state index contributed by atoms with van der Waals surface area (Å²) in [5.41, 5.74) is 3.00. The van der Waals surface area contributed by atoms with Gasteiger partial charge in [-0.3, -0.25) is 9.20 Å². The number of fused-ring (bicyclic) bond motifs is 1. The Hall–Kier alpha value is -2.73. The quantitative estimate of drug-likeness (QED) is 0.770. The van der Waals surface area contributed by atoms with Gasteiger partial charge in [-0.2, -0.15) is 0 Å². The molecule has 2 aromatic heterocycles. The van der Waals surface area contributed by atoms with Crippen molar-refractivity contribution in [3.05, 3.63) is 65.1 Å². The molecule has 2 heterocycles. The van der Waals surface area contributed by atoms with Gasteiger partial charge in [-0.05, 0) is 37.1 Å². The van der Waals surface area contributed by atoms with Crippen LogP contribution in [-0.2, 0) is 0 Å². The highest BCUT2D eigenvalue weighted by molar-refractivity contribution is 5.94. The molecule has 2 N–H and O–H groups in total. The molecule has 1 atom stereocenters. The summed E-state index contributed by atoms with van der Waals surface area (Å²) in [7, 11) is 0. The molecule has 3 aromatic rings. The lowest BCUT2D eigenvalue weighted by Gasteiger charge is -2.14. The predicted octanol–water partition coefficient (Wildman–Crippen LogP) is 1.81. The second kappa shape index (κ2) is 6.18. The van der Waals surface area contributed by atoms with Crippen molar-refractivity contribution in [3.8, 4) is 0 Å². The molecule has 0 saturated heterocycles. The average Bonchev–Trinajstić information content (AvgIpc) is 2.93. The first-order chi connectivity index (χ1) is 11.1. The van der Waals surface area contributed by atoms with Gasteiger partial charge in [0.25, 0.3) is 5.91 Å². The van der Waals surface area contributed by atoms with E-state index in [4.69, 9.17) is 0 Å². The fourth-order valence-corrected chi connectivity index (χ4v) is 2.50. The monoisotopic (exact) mass is 310 g/mol. The first-order valence-electron chi connectivity index (χ1n) is 7.39. The normalized spacial score (nSPS) is 12.3. The Kier molecular flexibility index (Phi) is 4.08. The maximum Gasteiger partial charge on any atom is 0.252 e. The number of aliphatic hydroxyl groups is 1. The topological polar surface area (TPSA) is 79.5 Å². The zero-order valence-corrected chi connectivity index (χ0v) is 13.0. The second-order valence-corrected chi connectivity index (χ2v) is 5.48. The summed E-state index contributed by atoms with van der Waals surface area (Å²) in [6.45, 7) is 3.91. The Morgan fingerprint density at radius 3 is 2.78 bits per heavy atom. The van der Waals surface area contributed by atoms with E-state index in [1.807, 2.05) is 38.1 Å². The molecule has 23 heavy (non-hydrogen) atoms. The van der Waals surface area contributed by atoms with Crippen LogP contribution < -0.4 is 5.32 Å². The molecule has 0 radical (unpaired) electrons. The minimum atomic E-state index is -0.736. The Morgan fingerprint density at radius 1 is 1.22 bits per heavy atom. The van der Waals surface area contributed by atoms with Crippen LogP contribution in [0.15, 0.2) is 42.6 Å². The molecule has 0 bridgehead atoms. The fraction of sp³-hybridized carbons (Fsp3) is 0.235. The van der Waals surface area contributed by atoms with Crippen molar-refractivity contribution in [2.24, 2.45) is 0 Å². The highest BCUT2D eigenvalue weighted by Gasteiger charge is 2.13. The van der Waals surface area contributed by atoms with Crippen molar-refractivity contribution >= 4 is 11.6 Å². The number of amides is 1. The molecule has 0 saturated carbocycles. The third kappa shape index (κ3) is 3.07. The molecule has 6 nitrogen and oxygen atoms in total. The average molecular weight is 310 g/mol. The maximum absolute atomic E-state index is 12.3.